The number of halogens is 1. The van der Waals surface area contributed by atoms with Crippen LogP contribution in [-0.4, -0.2) is 22.6 Å². The second-order valence-electron chi connectivity index (χ2n) is 7.34. The number of anilines is 1. The van der Waals surface area contributed by atoms with Crippen LogP contribution >= 0.6 is 0 Å². The SMILES string of the molecule is Cc1ccc(-c2noc([C@@H](C)NCc3ccc(N4CCCC4=O)cc3)n2)cc1F. The van der Waals surface area contributed by atoms with Crippen molar-refractivity contribution in [3.05, 3.63) is 65.3 Å². The van der Waals surface area contributed by atoms with Gasteiger partial charge in [0.25, 0.3) is 0 Å². The smallest absolute Gasteiger partial charge is 0.243 e. The van der Waals surface area contributed by atoms with Crippen molar-refractivity contribution in [1.29, 1.82) is 0 Å². The van der Waals surface area contributed by atoms with E-state index in [1.54, 1.807) is 19.1 Å². The molecular weight excluding hydrogens is 371 g/mol. The molecule has 0 unspecified atom stereocenters. The number of carbonyl (C=O) groups is 1. The number of benzene rings is 2. The van der Waals surface area contributed by atoms with E-state index < -0.39 is 0 Å². The molecule has 4 rings (SSSR count). The van der Waals surface area contributed by atoms with Crippen molar-refractivity contribution < 1.29 is 13.7 Å². The molecule has 1 aromatic heterocycles. The van der Waals surface area contributed by atoms with Gasteiger partial charge in [-0.3, -0.25) is 4.79 Å². The molecule has 150 valence electrons. The molecule has 2 heterocycles. The number of hydrogen-bond acceptors (Lipinski definition) is 5. The van der Waals surface area contributed by atoms with Crippen molar-refractivity contribution in [2.75, 3.05) is 11.4 Å². The minimum Gasteiger partial charge on any atom is -0.337 e. The molecule has 1 atom stereocenters. The van der Waals surface area contributed by atoms with E-state index in [0.717, 1.165) is 24.2 Å². The Morgan fingerprint density at radius 1 is 1.24 bits per heavy atom. The van der Waals surface area contributed by atoms with Crippen molar-refractivity contribution in [2.45, 2.75) is 39.3 Å². The number of rotatable bonds is 6. The van der Waals surface area contributed by atoms with Crippen LogP contribution in [0.4, 0.5) is 10.1 Å². The summed E-state index contributed by atoms with van der Waals surface area (Å²) in [5.41, 5.74) is 3.19. The van der Waals surface area contributed by atoms with Crippen molar-refractivity contribution in [3.8, 4) is 11.4 Å². The fourth-order valence-corrected chi connectivity index (χ4v) is 3.33. The molecule has 6 nitrogen and oxygen atoms in total. The number of hydrogen-bond donors (Lipinski definition) is 1. The van der Waals surface area contributed by atoms with Crippen LogP contribution in [-0.2, 0) is 11.3 Å². The number of aromatic nitrogens is 2. The van der Waals surface area contributed by atoms with Gasteiger partial charge in [-0.05, 0) is 49.6 Å². The van der Waals surface area contributed by atoms with Crippen LogP contribution in [0.5, 0.6) is 0 Å². The van der Waals surface area contributed by atoms with Crippen LogP contribution in [0, 0.1) is 12.7 Å². The lowest BCUT2D eigenvalue weighted by Crippen LogP contribution is -2.23. The minimum absolute atomic E-state index is 0.161. The second-order valence-corrected chi connectivity index (χ2v) is 7.34. The van der Waals surface area contributed by atoms with Gasteiger partial charge >= 0.3 is 0 Å². The highest BCUT2D eigenvalue weighted by Gasteiger charge is 2.21. The van der Waals surface area contributed by atoms with Gasteiger partial charge in [0.2, 0.25) is 17.6 Å². The normalized spacial score (nSPS) is 15.1. The zero-order chi connectivity index (χ0) is 20.4. The molecule has 3 aromatic rings. The second kappa shape index (κ2) is 8.13. The third-order valence-electron chi connectivity index (χ3n) is 5.18. The van der Waals surface area contributed by atoms with Gasteiger partial charge in [0.05, 0.1) is 6.04 Å². The van der Waals surface area contributed by atoms with E-state index in [-0.39, 0.29) is 17.8 Å². The summed E-state index contributed by atoms with van der Waals surface area (Å²) in [4.78, 5) is 18.1. The summed E-state index contributed by atoms with van der Waals surface area (Å²) < 4.78 is 19.1. The van der Waals surface area contributed by atoms with Crippen LogP contribution in [0.2, 0.25) is 0 Å². The van der Waals surface area contributed by atoms with Gasteiger partial charge < -0.3 is 14.7 Å². The molecule has 2 aromatic carbocycles. The van der Waals surface area contributed by atoms with E-state index in [9.17, 15) is 9.18 Å². The molecule has 7 heteroatoms. The number of amides is 1. The lowest BCUT2D eigenvalue weighted by molar-refractivity contribution is -0.117. The van der Waals surface area contributed by atoms with E-state index in [2.05, 4.69) is 15.5 Å². The quantitative estimate of drug-likeness (QED) is 0.680. The molecule has 0 radical (unpaired) electrons. The molecular formula is C22H23FN4O2. The Bertz CT molecular complexity index is 1020. The van der Waals surface area contributed by atoms with Crippen LogP contribution < -0.4 is 10.2 Å². The Morgan fingerprint density at radius 3 is 2.72 bits per heavy atom. The first kappa shape index (κ1) is 19.3. The van der Waals surface area contributed by atoms with E-state index in [0.29, 0.717) is 35.8 Å². The number of nitrogens with zero attached hydrogens (tertiary/aromatic N) is 3. The zero-order valence-corrected chi connectivity index (χ0v) is 16.5. The molecule has 29 heavy (non-hydrogen) atoms. The maximum absolute atomic E-state index is 13.8. The molecule has 1 amide bonds. The first-order chi connectivity index (χ1) is 14.0. The molecule has 0 bridgehead atoms. The summed E-state index contributed by atoms with van der Waals surface area (Å²) in [6.45, 7) is 5.05. The first-order valence-electron chi connectivity index (χ1n) is 9.74. The topological polar surface area (TPSA) is 71.3 Å². The summed E-state index contributed by atoms with van der Waals surface area (Å²) in [6, 6.07) is 12.7. The molecule has 0 saturated carbocycles. The monoisotopic (exact) mass is 394 g/mol. The third kappa shape index (κ3) is 4.19. The Labute approximate surface area is 168 Å². The average Bonchev–Trinajstić information content (AvgIpc) is 3.38. The van der Waals surface area contributed by atoms with Crippen molar-refractivity contribution in [1.82, 2.24) is 15.5 Å². The molecule has 1 fully saturated rings. The summed E-state index contributed by atoms with van der Waals surface area (Å²) in [5, 5.41) is 7.31. The molecule has 0 aliphatic carbocycles. The Kier molecular flexibility index (Phi) is 5.40. The van der Waals surface area contributed by atoms with Crippen LogP contribution in [0.25, 0.3) is 11.4 Å². The maximum atomic E-state index is 13.8. The first-order valence-corrected chi connectivity index (χ1v) is 9.74. The standard InChI is InChI=1S/C22H23FN4O2/c1-14-5-8-17(12-19(14)23)21-25-22(29-26-21)15(2)24-13-16-6-9-18(10-7-16)27-11-3-4-20(27)28/h5-10,12,15,24H,3-4,11,13H2,1-2H3/t15-/m1/s1. The predicted molar refractivity (Wildman–Crippen MR) is 108 cm³/mol. The molecule has 1 aliphatic heterocycles. The predicted octanol–water partition coefficient (Wildman–Crippen LogP) is 4.16. The fraction of sp³-hybridized carbons (Fsp3) is 0.318. The van der Waals surface area contributed by atoms with Gasteiger partial charge in [0, 0.05) is 30.8 Å². The maximum Gasteiger partial charge on any atom is 0.243 e. The molecule has 0 spiro atoms. The van der Waals surface area contributed by atoms with E-state index in [1.165, 1.54) is 6.07 Å². The summed E-state index contributed by atoms with van der Waals surface area (Å²) in [6.07, 6.45) is 1.54. The van der Waals surface area contributed by atoms with Gasteiger partial charge in [-0.2, -0.15) is 4.98 Å². The van der Waals surface area contributed by atoms with Gasteiger partial charge in [-0.1, -0.05) is 29.4 Å². The number of aryl methyl sites for hydroxylation is 1. The van der Waals surface area contributed by atoms with Crippen LogP contribution in [0.1, 0.15) is 42.8 Å². The van der Waals surface area contributed by atoms with Gasteiger partial charge in [-0.15, -0.1) is 0 Å². The Balaban J connectivity index is 1.37. The van der Waals surface area contributed by atoms with Crippen LogP contribution in [0.3, 0.4) is 0 Å². The van der Waals surface area contributed by atoms with Gasteiger partial charge in [0.1, 0.15) is 5.82 Å². The van der Waals surface area contributed by atoms with E-state index >= 15 is 0 Å². The highest BCUT2D eigenvalue weighted by atomic mass is 19.1. The van der Waals surface area contributed by atoms with Crippen molar-refractivity contribution >= 4 is 11.6 Å². The van der Waals surface area contributed by atoms with Crippen LogP contribution in [0.15, 0.2) is 47.0 Å². The molecule has 1 aliphatic rings. The summed E-state index contributed by atoms with van der Waals surface area (Å²) >= 11 is 0. The van der Waals surface area contributed by atoms with E-state index in [4.69, 9.17) is 4.52 Å². The highest BCUT2D eigenvalue weighted by molar-refractivity contribution is 5.95. The molecule has 1 N–H and O–H groups in total. The third-order valence-corrected chi connectivity index (χ3v) is 5.18. The largest absolute Gasteiger partial charge is 0.337 e. The fourth-order valence-electron chi connectivity index (χ4n) is 3.33. The Morgan fingerprint density at radius 2 is 2.03 bits per heavy atom. The van der Waals surface area contributed by atoms with E-state index in [1.807, 2.05) is 36.1 Å². The summed E-state index contributed by atoms with van der Waals surface area (Å²) in [7, 11) is 0. The van der Waals surface area contributed by atoms with Crippen molar-refractivity contribution in [3.63, 3.8) is 0 Å². The zero-order valence-electron chi connectivity index (χ0n) is 16.5. The minimum atomic E-state index is -0.292. The lowest BCUT2D eigenvalue weighted by Gasteiger charge is -2.16. The van der Waals surface area contributed by atoms with Crippen molar-refractivity contribution in [2.24, 2.45) is 0 Å². The van der Waals surface area contributed by atoms with Gasteiger partial charge in [0.15, 0.2) is 0 Å². The number of carbonyl (C=O) groups excluding carboxylic acids is 1. The number of nitrogens with one attached hydrogen (secondary N) is 1. The van der Waals surface area contributed by atoms with Gasteiger partial charge in [-0.25, -0.2) is 4.39 Å². The average molecular weight is 394 g/mol. The molecule has 1 saturated heterocycles. The highest BCUT2D eigenvalue weighted by Crippen LogP contribution is 2.23. The Hall–Kier alpha value is -3.06. The lowest BCUT2D eigenvalue weighted by atomic mass is 10.1. The summed E-state index contributed by atoms with van der Waals surface area (Å²) in [5.74, 6) is 0.705.